The Balaban J connectivity index is 2.03. The van der Waals surface area contributed by atoms with Crippen LogP contribution in [0.2, 0.25) is 0 Å². The monoisotopic (exact) mass is 222 g/mol. The molecule has 1 aromatic rings. The van der Waals surface area contributed by atoms with Crippen molar-refractivity contribution in [1.82, 2.24) is 0 Å². The summed E-state index contributed by atoms with van der Waals surface area (Å²) in [6, 6.07) is 5.66. The van der Waals surface area contributed by atoms with Gasteiger partial charge >= 0.3 is 0 Å². The van der Waals surface area contributed by atoms with Gasteiger partial charge in [0, 0.05) is 23.8 Å². The third-order valence-electron chi connectivity index (χ3n) is 3.24. The van der Waals surface area contributed by atoms with Crippen molar-refractivity contribution in [3.8, 4) is 0 Å². The molecule has 0 spiro atoms. The Morgan fingerprint density at radius 2 is 2.00 bits per heavy atom. The number of halogens is 1. The van der Waals surface area contributed by atoms with Gasteiger partial charge in [0.25, 0.3) is 0 Å². The number of hydrogen-bond donors (Lipinski definition) is 2. The molecule has 0 saturated heterocycles. The van der Waals surface area contributed by atoms with Gasteiger partial charge in [-0.3, -0.25) is 0 Å². The van der Waals surface area contributed by atoms with Gasteiger partial charge in [0.05, 0.1) is 0 Å². The van der Waals surface area contributed by atoms with Crippen LogP contribution < -0.4 is 11.1 Å². The van der Waals surface area contributed by atoms with E-state index in [9.17, 15) is 4.39 Å². The lowest BCUT2D eigenvalue weighted by molar-refractivity contribution is 0.462. The third kappa shape index (κ3) is 2.73. The summed E-state index contributed by atoms with van der Waals surface area (Å²) in [5.41, 5.74) is 7.06. The van der Waals surface area contributed by atoms with E-state index < -0.39 is 0 Å². The van der Waals surface area contributed by atoms with Crippen molar-refractivity contribution in [1.29, 1.82) is 0 Å². The molecule has 2 rings (SSSR count). The largest absolute Gasteiger partial charge is 0.382 e. The van der Waals surface area contributed by atoms with Gasteiger partial charge < -0.3 is 11.1 Å². The van der Waals surface area contributed by atoms with E-state index in [0.717, 1.165) is 5.69 Å². The predicted octanol–water partition coefficient (Wildman–Crippen LogP) is 3.03. The van der Waals surface area contributed by atoms with Crippen molar-refractivity contribution in [2.75, 3.05) is 5.32 Å². The maximum absolute atomic E-state index is 13.2. The maximum atomic E-state index is 13.2. The molecule has 1 aliphatic carbocycles. The molecule has 2 nitrogen and oxygen atoms in total. The zero-order chi connectivity index (χ0) is 11.4. The highest BCUT2D eigenvalue weighted by Crippen LogP contribution is 2.22. The normalized spacial score (nSPS) is 17.4. The van der Waals surface area contributed by atoms with Crippen molar-refractivity contribution in [2.45, 2.75) is 44.7 Å². The summed E-state index contributed by atoms with van der Waals surface area (Å²) in [7, 11) is 0. The summed E-state index contributed by atoms with van der Waals surface area (Å²) < 4.78 is 13.2. The van der Waals surface area contributed by atoms with Crippen LogP contribution in [-0.4, -0.2) is 6.04 Å². The Bertz CT molecular complexity index is 346. The molecule has 0 heterocycles. The summed E-state index contributed by atoms with van der Waals surface area (Å²) >= 11 is 0. The quantitative estimate of drug-likeness (QED) is 0.825. The number of benzene rings is 1. The van der Waals surface area contributed by atoms with E-state index in [-0.39, 0.29) is 12.4 Å². The number of nitrogens with one attached hydrogen (secondary N) is 1. The Labute approximate surface area is 96.0 Å². The Morgan fingerprint density at radius 3 is 2.69 bits per heavy atom. The molecule has 1 fully saturated rings. The van der Waals surface area contributed by atoms with Crippen LogP contribution in [0.3, 0.4) is 0 Å². The second-order valence-corrected chi connectivity index (χ2v) is 4.49. The Hall–Kier alpha value is -1.09. The molecule has 0 aromatic heterocycles. The minimum absolute atomic E-state index is 0.211. The molecule has 0 amide bonds. The van der Waals surface area contributed by atoms with E-state index in [1.165, 1.54) is 38.2 Å². The molecule has 16 heavy (non-hydrogen) atoms. The van der Waals surface area contributed by atoms with Crippen LogP contribution in [0, 0.1) is 5.82 Å². The Morgan fingerprint density at radius 1 is 1.25 bits per heavy atom. The first kappa shape index (κ1) is 11.4. The van der Waals surface area contributed by atoms with Gasteiger partial charge in [-0.25, -0.2) is 4.39 Å². The topological polar surface area (TPSA) is 38.0 Å². The highest BCUT2D eigenvalue weighted by Gasteiger charge is 2.13. The summed E-state index contributed by atoms with van der Waals surface area (Å²) in [5.74, 6) is -0.211. The number of rotatable bonds is 3. The van der Waals surface area contributed by atoms with E-state index in [2.05, 4.69) is 5.32 Å². The number of hydrogen-bond acceptors (Lipinski definition) is 2. The second kappa shape index (κ2) is 5.30. The first-order valence-electron chi connectivity index (χ1n) is 6.04. The zero-order valence-corrected chi connectivity index (χ0v) is 9.51. The lowest BCUT2D eigenvalue weighted by atomic mass is 9.95. The fourth-order valence-corrected chi connectivity index (χ4v) is 2.30. The molecule has 1 saturated carbocycles. The second-order valence-electron chi connectivity index (χ2n) is 4.49. The van der Waals surface area contributed by atoms with E-state index in [1.54, 1.807) is 6.07 Å². The highest BCUT2D eigenvalue weighted by atomic mass is 19.1. The van der Waals surface area contributed by atoms with E-state index in [1.807, 2.05) is 6.07 Å². The van der Waals surface area contributed by atoms with Crippen LogP contribution >= 0.6 is 0 Å². The van der Waals surface area contributed by atoms with E-state index >= 15 is 0 Å². The van der Waals surface area contributed by atoms with Gasteiger partial charge in [-0.15, -0.1) is 0 Å². The minimum atomic E-state index is -0.211. The van der Waals surface area contributed by atoms with Crippen LogP contribution in [-0.2, 0) is 6.54 Å². The molecule has 1 aliphatic rings. The van der Waals surface area contributed by atoms with E-state index in [4.69, 9.17) is 5.73 Å². The lowest BCUT2D eigenvalue weighted by Gasteiger charge is -2.24. The van der Waals surface area contributed by atoms with Gasteiger partial charge in [-0.1, -0.05) is 19.3 Å². The molecular weight excluding hydrogens is 203 g/mol. The molecular formula is C13H19FN2. The molecule has 1 aromatic carbocycles. The summed E-state index contributed by atoms with van der Waals surface area (Å²) in [4.78, 5) is 0. The van der Waals surface area contributed by atoms with Crippen molar-refractivity contribution in [2.24, 2.45) is 5.73 Å². The molecule has 0 atom stereocenters. The molecule has 88 valence electrons. The van der Waals surface area contributed by atoms with Gasteiger partial charge in [-0.05, 0) is 31.0 Å². The number of nitrogens with two attached hydrogens (primary N) is 1. The summed E-state index contributed by atoms with van der Waals surface area (Å²) in [6.45, 7) is 0.256. The minimum Gasteiger partial charge on any atom is -0.382 e. The molecule has 3 heteroatoms. The van der Waals surface area contributed by atoms with Crippen molar-refractivity contribution in [3.05, 3.63) is 29.6 Å². The van der Waals surface area contributed by atoms with E-state index in [0.29, 0.717) is 11.6 Å². The first-order valence-corrected chi connectivity index (χ1v) is 6.04. The van der Waals surface area contributed by atoms with Gasteiger partial charge in [0.1, 0.15) is 5.82 Å². The fourth-order valence-electron chi connectivity index (χ4n) is 2.30. The van der Waals surface area contributed by atoms with Crippen LogP contribution in [0.15, 0.2) is 18.2 Å². The van der Waals surface area contributed by atoms with Crippen LogP contribution in [0.25, 0.3) is 0 Å². The highest BCUT2D eigenvalue weighted by molar-refractivity contribution is 5.47. The molecule has 0 unspecified atom stereocenters. The average Bonchev–Trinajstić information content (AvgIpc) is 2.33. The van der Waals surface area contributed by atoms with Gasteiger partial charge in [-0.2, -0.15) is 0 Å². The predicted molar refractivity (Wildman–Crippen MR) is 64.8 cm³/mol. The van der Waals surface area contributed by atoms with Crippen molar-refractivity contribution < 1.29 is 4.39 Å². The summed E-state index contributed by atoms with van der Waals surface area (Å²) in [5, 5.41) is 3.46. The SMILES string of the molecule is NCc1cc(NC2CCCCC2)ccc1F. The average molecular weight is 222 g/mol. The van der Waals surface area contributed by atoms with Crippen molar-refractivity contribution >= 4 is 5.69 Å². The van der Waals surface area contributed by atoms with Gasteiger partial charge in [0.2, 0.25) is 0 Å². The summed E-state index contributed by atoms with van der Waals surface area (Å²) in [6.07, 6.45) is 6.37. The molecule has 0 aliphatic heterocycles. The third-order valence-corrected chi connectivity index (χ3v) is 3.24. The molecule has 0 bridgehead atoms. The molecule has 3 N–H and O–H groups in total. The smallest absolute Gasteiger partial charge is 0.127 e. The Kier molecular flexibility index (Phi) is 3.78. The standard InChI is InChI=1S/C13H19FN2/c14-13-7-6-12(8-10(13)9-15)16-11-4-2-1-3-5-11/h6-8,11,16H,1-5,9,15H2. The maximum Gasteiger partial charge on any atom is 0.127 e. The fraction of sp³-hybridized carbons (Fsp3) is 0.538. The van der Waals surface area contributed by atoms with Crippen LogP contribution in [0.4, 0.5) is 10.1 Å². The lowest BCUT2D eigenvalue weighted by Crippen LogP contribution is -2.22. The van der Waals surface area contributed by atoms with Gasteiger partial charge in [0.15, 0.2) is 0 Å². The number of anilines is 1. The van der Waals surface area contributed by atoms with Crippen LogP contribution in [0.5, 0.6) is 0 Å². The zero-order valence-electron chi connectivity index (χ0n) is 9.51. The van der Waals surface area contributed by atoms with Crippen molar-refractivity contribution in [3.63, 3.8) is 0 Å². The first-order chi connectivity index (χ1) is 7.79. The molecule has 0 radical (unpaired) electrons. The van der Waals surface area contributed by atoms with Crippen LogP contribution in [0.1, 0.15) is 37.7 Å².